The number of hydrogen-bond acceptors (Lipinski definition) is 4. The summed E-state index contributed by atoms with van der Waals surface area (Å²) in [5.41, 5.74) is 3.69. The predicted molar refractivity (Wildman–Crippen MR) is 57.3 cm³/mol. The zero-order chi connectivity index (χ0) is 11.4. The Morgan fingerprint density at radius 3 is 2.88 bits per heavy atom. The molecule has 2 N–H and O–H groups in total. The maximum Gasteiger partial charge on any atom is 0.123 e. The van der Waals surface area contributed by atoms with Crippen LogP contribution in [0.3, 0.4) is 0 Å². The summed E-state index contributed by atoms with van der Waals surface area (Å²) < 4.78 is 18.1. The summed E-state index contributed by atoms with van der Waals surface area (Å²) in [4.78, 5) is 0. The monoisotopic (exact) mass is 226 g/mol. The summed E-state index contributed by atoms with van der Waals surface area (Å²) in [6.45, 7) is 3.42. The van der Waals surface area contributed by atoms with Crippen molar-refractivity contribution in [3.63, 3.8) is 0 Å². The number of morpholine rings is 1. The average Bonchev–Trinajstić information content (AvgIpc) is 2.32. The molecule has 0 spiro atoms. The molecule has 2 rings (SSSR count). The number of nitrogens with one attached hydrogen (secondary N) is 1. The third-order valence-corrected chi connectivity index (χ3v) is 2.55. The van der Waals surface area contributed by atoms with E-state index in [9.17, 15) is 9.50 Å². The van der Waals surface area contributed by atoms with Gasteiger partial charge < -0.3 is 9.84 Å². The van der Waals surface area contributed by atoms with Gasteiger partial charge in [0, 0.05) is 25.2 Å². The lowest BCUT2D eigenvalue weighted by molar-refractivity contribution is 0.0104. The number of phenolic OH excluding ortho intramolecular Hbond substituents is 1. The van der Waals surface area contributed by atoms with E-state index in [4.69, 9.17) is 4.74 Å². The van der Waals surface area contributed by atoms with Gasteiger partial charge in [0.05, 0.1) is 13.2 Å². The fourth-order valence-corrected chi connectivity index (χ4v) is 1.61. The molecule has 0 bridgehead atoms. The van der Waals surface area contributed by atoms with E-state index in [0.717, 1.165) is 13.1 Å². The van der Waals surface area contributed by atoms with Gasteiger partial charge in [0.25, 0.3) is 0 Å². The number of rotatable bonds is 3. The Kier molecular flexibility index (Phi) is 3.71. The van der Waals surface area contributed by atoms with Crippen LogP contribution < -0.4 is 5.43 Å². The summed E-state index contributed by atoms with van der Waals surface area (Å²) >= 11 is 0. The number of phenols is 1. The smallest absolute Gasteiger partial charge is 0.123 e. The van der Waals surface area contributed by atoms with Crippen LogP contribution in [0.25, 0.3) is 0 Å². The van der Waals surface area contributed by atoms with E-state index < -0.39 is 0 Å². The van der Waals surface area contributed by atoms with Crippen LogP contribution in [-0.2, 0) is 11.3 Å². The van der Waals surface area contributed by atoms with E-state index >= 15 is 0 Å². The summed E-state index contributed by atoms with van der Waals surface area (Å²) in [5, 5.41) is 11.5. The van der Waals surface area contributed by atoms with Crippen LogP contribution in [0.1, 0.15) is 5.56 Å². The molecule has 1 heterocycles. The highest BCUT2D eigenvalue weighted by atomic mass is 19.1. The fraction of sp³-hybridized carbons (Fsp3) is 0.455. The molecule has 0 amide bonds. The van der Waals surface area contributed by atoms with Crippen LogP contribution in [0.15, 0.2) is 18.2 Å². The van der Waals surface area contributed by atoms with Crippen LogP contribution in [0.5, 0.6) is 5.75 Å². The van der Waals surface area contributed by atoms with Crippen molar-refractivity contribution in [2.45, 2.75) is 6.54 Å². The summed E-state index contributed by atoms with van der Waals surface area (Å²) in [6, 6.07) is 3.95. The SMILES string of the molecule is Oc1ccc(F)cc1CNN1CCOCC1. The van der Waals surface area contributed by atoms with Crippen molar-refractivity contribution < 1.29 is 14.2 Å². The molecule has 0 aliphatic carbocycles. The second-order valence-corrected chi connectivity index (χ2v) is 3.71. The molecule has 1 fully saturated rings. The minimum absolute atomic E-state index is 0.113. The quantitative estimate of drug-likeness (QED) is 0.802. The molecule has 1 aliphatic heterocycles. The fourth-order valence-electron chi connectivity index (χ4n) is 1.61. The molecule has 16 heavy (non-hydrogen) atoms. The third kappa shape index (κ3) is 2.91. The Morgan fingerprint density at radius 1 is 1.38 bits per heavy atom. The highest BCUT2D eigenvalue weighted by Crippen LogP contribution is 2.17. The van der Waals surface area contributed by atoms with Crippen LogP contribution in [-0.4, -0.2) is 36.4 Å². The minimum atomic E-state index is -0.337. The largest absolute Gasteiger partial charge is 0.508 e. The second kappa shape index (κ2) is 5.25. The Morgan fingerprint density at radius 2 is 2.12 bits per heavy atom. The van der Waals surface area contributed by atoms with Gasteiger partial charge in [-0.1, -0.05) is 0 Å². The molecule has 0 saturated carbocycles. The first kappa shape index (κ1) is 11.3. The van der Waals surface area contributed by atoms with Crippen molar-refractivity contribution in [2.24, 2.45) is 0 Å². The van der Waals surface area contributed by atoms with E-state index in [1.165, 1.54) is 18.2 Å². The number of hydrazine groups is 1. The van der Waals surface area contributed by atoms with Gasteiger partial charge in [0.15, 0.2) is 0 Å². The predicted octanol–water partition coefficient (Wildman–Crippen LogP) is 0.868. The zero-order valence-corrected chi connectivity index (χ0v) is 8.95. The molecule has 0 unspecified atom stereocenters. The highest BCUT2D eigenvalue weighted by molar-refractivity contribution is 5.32. The Labute approximate surface area is 93.6 Å². The number of ether oxygens (including phenoxy) is 1. The maximum absolute atomic E-state index is 12.9. The van der Waals surface area contributed by atoms with Gasteiger partial charge in [-0.25, -0.2) is 9.40 Å². The molecular formula is C11H15FN2O2. The second-order valence-electron chi connectivity index (χ2n) is 3.71. The van der Waals surface area contributed by atoms with Crippen molar-refractivity contribution in [3.05, 3.63) is 29.6 Å². The van der Waals surface area contributed by atoms with Crippen molar-refractivity contribution >= 4 is 0 Å². The molecule has 1 aromatic carbocycles. The minimum Gasteiger partial charge on any atom is -0.508 e. The summed E-state index contributed by atoms with van der Waals surface area (Å²) in [7, 11) is 0. The standard InChI is InChI=1S/C11H15FN2O2/c12-10-1-2-11(15)9(7-10)8-13-14-3-5-16-6-4-14/h1-2,7,13,15H,3-6,8H2. The first-order valence-corrected chi connectivity index (χ1v) is 5.29. The number of nitrogens with zero attached hydrogens (tertiary/aromatic N) is 1. The molecule has 0 radical (unpaired) electrons. The molecule has 4 nitrogen and oxygen atoms in total. The van der Waals surface area contributed by atoms with Crippen LogP contribution in [0.4, 0.5) is 4.39 Å². The van der Waals surface area contributed by atoms with E-state index in [1.54, 1.807) is 0 Å². The van der Waals surface area contributed by atoms with Crippen LogP contribution >= 0.6 is 0 Å². The summed E-state index contributed by atoms with van der Waals surface area (Å²) in [5.74, 6) is -0.223. The van der Waals surface area contributed by atoms with Gasteiger partial charge in [-0.3, -0.25) is 5.43 Å². The van der Waals surface area contributed by atoms with Gasteiger partial charge in [0.2, 0.25) is 0 Å². The lowest BCUT2D eigenvalue weighted by Crippen LogP contribution is -2.45. The lowest BCUT2D eigenvalue weighted by atomic mass is 10.2. The van der Waals surface area contributed by atoms with Crippen molar-refractivity contribution in [3.8, 4) is 5.75 Å². The summed E-state index contributed by atoms with van der Waals surface area (Å²) in [6.07, 6.45) is 0. The normalized spacial score (nSPS) is 17.6. The molecule has 1 saturated heterocycles. The van der Waals surface area contributed by atoms with Gasteiger partial charge in [-0.05, 0) is 18.2 Å². The van der Waals surface area contributed by atoms with Gasteiger partial charge >= 0.3 is 0 Å². The van der Waals surface area contributed by atoms with Crippen LogP contribution in [0, 0.1) is 5.82 Å². The number of hydrogen-bond donors (Lipinski definition) is 2. The first-order chi connectivity index (χ1) is 7.75. The molecule has 1 aromatic rings. The topological polar surface area (TPSA) is 44.7 Å². The molecule has 0 atom stereocenters. The van der Waals surface area contributed by atoms with Crippen molar-refractivity contribution in [1.82, 2.24) is 10.4 Å². The number of benzene rings is 1. The van der Waals surface area contributed by atoms with Crippen molar-refractivity contribution in [2.75, 3.05) is 26.3 Å². The molecular weight excluding hydrogens is 211 g/mol. The van der Waals surface area contributed by atoms with Crippen LogP contribution in [0.2, 0.25) is 0 Å². The average molecular weight is 226 g/mol. The maximum atomic E-state index is 12.9. The molecule has 88 valence electrons. The third-order valence-electron chi connectivity index (χ3n) is 2.55. The first-order valence-electron chi connectivity index (χ1n) is 5.29. The van der Waals surface area contributed by atoms with Gasteiger partial charge in [-0.15, -0.1) is 0 Å². The Bertz CT molecular complexity index is 354. The van der Waals surface area contributed by atoms with E-state index in [1.807, 2.05) is 5.01 Å². The van der Waals surface area contributed by atoms with Gasteiger partial charge in [0.1, 0.15) is 11.6 Å². The van der Waals surface area contributed by atoms with E-state index in [-0.39, 0.29) is 11.6 Å². The highest BCUT2D eigenvalue weighted by Gasteiger charge is 2.10. The molecule has 1 aliphatic rings. The number of halogens is 1. The van der Waals surface area contributed by atoms with E-state index in [2.05, 4.69) is 5.43 Å². The van der Waals surface area contributed by atoms with Crippen molar-refractivity contribution in [1.29, 1.82) is 0 Å². The Hall–Kier alpha value is -1.17. The number of aromatic hydroxyl groups is 1. The molecule has 5 heteroatoms. The van der Waals surface area contributed by atoms with E-state index in [0.29, 0.717) is 25.3 Å². The lowest BCUT2D eigenvalue weighted by Gasteiger charge is -2.27. The Balaban J connectivity index is 1.90. The zero-order valence-electron chi connectivity index (χ0n) is 8.95. The van der Waals surface area contributed by atoms with Gasteiger partial charge in [-0.2, -0.15) is 0 Å². The molecule has 0 aromatic heterocycles.